The van der Waals surface area contributed by atoms with Gasteiger partial charge in [0, 0.05) is 6.54 Å². The van der Waals surface area contributed by atoms with Crippen molar-refractivity contribution in [3.63, 3.8) is 0 Å². The molecule has 20 heavy (non-hydrogen) atoms. The van der Waals surface area contributed by atoms with E-state index in [1.54, 1.807) is 24.3 Å². The monoisotopic (exact) mass is 292 g/mol. The molecule has 0 spiro atoms. The summed E-state index contributed by atoms with van der Waals surface area (Å²) in [5.41, 5.74) is 0. The van der Waals surface area contributed by atoms with E-state index in [1.165, 1.54) is 17.6 Å². The zero-order chi connectivity index (χ0) is 14.5. The van der Waals surface area contributed by atoms with Crippen LogP contribution in [0.25, 0.3) is 0 Å². The van der Waals surface area contributed by atoms with Crippen molar-refractivity contribution >= 4 is 28.2 Å². The maximum atomic E-state index is 11.8. The van der Waals surface area contributed by atoms with Gasteiger partial charge in [0.2, 0.25) is 0 Å². The molecule has 106 valence electrons. The first-order valence-corrected chi connectivity index (χ1v) is 7.11. The van der Waals surface area contributed by atoms with Crippen molar-refractivity contribution in [3.05, 3.63) is 41.2 Å². The quantitative estimate of drug-likeness (QED) is 0.890. The highest BCUT2D eigenvalue weighted by Gasteiger charge is 2.13. The molecule has 0 fully saturated rings. The van der Waals surface area contributed by atoms with E-state index in [1.807, 2.05) is 13.8 Å². The first-order valence-electron chi connectivity index (χ1n) is 6.29. The molecule has 0 saturated heterocycles. The summed E-state index contributed by atoms with van der Waals surface area (Å²) in [6, 6.07) is 6.63. The third-order valence-electron chi connectivity index (χ3n) is 2.48. The van der Waals surface area contributed by atoms with Gasteiger partial charge in [-0.3, -0.25) is 9.59 Å². The van der Waals surface area contributed by atoms with Gasteiger partial charge < -0.3 is 15.1 Å². The van der Waals surface area contributed by atoms with Gasteiger partial charge in [0.25, 0.3) is 11.8 Å². The summed E-state index contributed by atoms with van der Waals surface area (Å²) in [5, 5.41) is 6.14. The predicted octanol–water partition coefficient (Wildman–Crippen LogP) is 2.98. The lowest BCUT2D eigenvalue weighted by atomic mass is 10.2. The van der Waals surface area contributed by atoms with Gasteiger partial charge in [0.1, 0.15) is 0 Å². The van der Waals surface area contributed by atoms with Crippen LogP contribution in [0.1, 0.15) is 34.1 Å². The van der Waals surface area contributed by atoms with Crippen molar-refractivity contribution in [3.8, 4) is 0 Å². The SMILES string of the molecule is CC(C)CNC(=O)c1ccc(NC(=O)c2ccco2)s1. The second-order valence-electron chi connectivity index (χ2n) is 4.70. The lowest BCUT2D eigenvalue weighted by molar-refractivity contribution is 0.0951. The molecule has 2 amide bonds. The lowest BCUT2D eigenvalue weighted by Crippen LogP contribution is -2.26. The van der Waals surface area contributed by atoms with Gasteiger partial charge in [-0.1, -0.05) is 13.8 Å². The highest BCUT2D eigenvalue weighted by atomic mass is 32.1. The molecule has 2 heterocycles. The number of hydrogen-bond acceptors (Lipinski definition) is 4. The van der Waals surface area contributed by atoms with Gasteiger partial charge in [-0.2, -0.15) is 0 Å². The van der Waals surface area contributed by atoms with E-state index in [2.05, 4.69) is 10.6 Å². The second-order valence-corrected chi connectivity index (χ2v) is 5.78. The standard InChI is InChI=1S/C14H16N2O3S/c1-9(2)8-15-14(18)11-5-6-12(20-11)16-13(17)10-4-3-7-19-10/h3-7,9H,8H2,1-2H3,(H,15,18)(H,16,17). The van der Waals surface area contributed by atoms with Crippen LogP contribution >= 0.6 is 11.3 Å². The van der Waals surface area contributed by atoms with E-state index in [0.717, 1.165) is 0 Å². The van der Waals surface area contributed by atoms with Crippen molar-refractivity contribution in [1.29, 1.82) is 0 Å². The second kappa shape index (κ2) is 6.38. The Morgan fingerprint density at radius 3 is 2.70 bits per heavy atom. The molecule has 2 aromatic heterocycles. The van der Waals surface area contributed by atoms with Crippen LogP contribution in [0, 0.1) is 5.92 Å². The summed E-state index contributed by atoms with van der Waals surface area (Å²) in [7, 11) is 0. The molecular formula is C14H16N2O3S. The maximum absolute atomic E-state index is 11.8. The molecule has 2 N–H and O–H groups in total. The Morgan fingerprint density at radius 2 is 2.05 bits per heavy atom. The number of rotatable bonds is 5. The summed E-state index contributed by atoms with van der Waals surface area (Å²) in [5.74, 6) is 0.189. The van der Waals surface area contributed by atoms with Crippen LogP contribution in [-0.4, -0.2) is 18.4 Å². The van der Waals surface area contributed by atoms with Crippen LogP contribution in [0.15, 0.2) is 34.9 Å². The van der Waals surface area contributed by atoms with Gasteiger partial charge in [-0.25, -0.2) is 0 Å². The molecule has 0 aromatic carbocycles. The van der Waals surface area contributed by atoms with Crippen LogP contribution in [-0.2, 0) is 0 Å². The minimum atomic E-state index is -0.328. The van der Waals surface area contributed by atoms with Gasteiger partial charge in [-0.05, 0) is 30.2 Å². The fourth-order valence-electron chi connectivity index (χ4n) is 1.49. The Hall–Kier alpha value is -2.08. The predicted molar refractivity (Wildman–Crippen MR) is 78.2 cm³/mol. The fourth-order valence-corrected chi connectivity index (χ4v) is 2.31. The molecule has 5 nitrogen and oxygen atoms in total. The van der Waals surface area contributed by atoms with Gasteiger partial charge in [0.05, 0.1) is 16.1 Å². The first-order chi connectivity index (χ1) is 9.56. The van der Waals surface area contributed by atoms with E-state index < -0.39 is 0 Å². The van der Waals surface area contributed by atoms with E-state index in [4.69, 9.17) is 4.42 Å². The summed E-state index contributed by atoms with van der Waals surface area (Å²) in [6.45, 7) is 4.69. The molecule has 0 aliphatic rings. The molecule has 2 rings (SSSR count). The zero-order valence-electron chi connectivity index (χ0n) is 11.3. The number of amides is 2. The van der Waals surface area contributed by atoms with Crippen LogP contribution in [0.3, 0.4) is 0 Å². The minimum absolute atomic E-state index is 0.123. The molecule has 0 bridgehead atoms. The largest absolute Gasteiger partial charge is 0.459 e. The molecular weight excluding hydrogens is 276 g/mol. The van der Waals surface area contributed by atoms with Crippen molar-refractivity contribution in [2.45, 2.75) is 13.8 Å². The number of carbonyl (C=O) groups is 2. The Bertz CT molecular complexity index is 587. The Kier molecular flexibility index (Phi) is 4.57. The molecule has 0 unspecified atom stereocenters. The maximum Gasteiger partial charge on any atom is 0.291 e. The Labute approximate surface area is 121 Å². The number of furan rings is 1. The smallest absolute Gasteiger partial charge is 0.291 e. The summed E-state index contributed by atoms with van der Waals surface area (Å²) in [4.78, 5) is 24.2. The van der Waals surface area contributed by atoms with Crippen LogP contribution < -0.4 is 10.6 Å². The third kappa shape index (κ3) is 3.71. The first kappa shape index (κ1) is 14.3. The van der Waals surface area contributed by atoms with Gasteiger partial charge in [-0.15, -0.1) is 11.3 Å². The number of anilines is 1. The van der Waals surface area contributed by atoms with Crippen molar-refractivity contribution in [1.82, 2.24) is 5.32 Å². The molecule has 0 saturated carbocycles. The average Bonchev–Trinajstić information content (AvgIpc) is 3.06. The van der Waals surface area contributed by atoms with E-state index in [-0.39, 0.29) is 17.6 Å². The minimum Gasteiger partial charge on any atom is -0.459 e. The van der Waals surface area contributed by atoms with E-state index in [9.17, 15) is 9.59 Å². The Morgan fingerprint density at radius 1 is 1.25 bits per heavy atom. The highest BCUT2D eigenvalue weighted by Crippen LogP contribution is 2.22. The molecule has 6 heteroatoms. The van der Waals surface area contributed by atoms with Crippen molar-refractivity contribution < 1.29 is 14.0 Å². The number of thiophene rings is 1. The molecule has 0 radical (unpaired) electrons. The molecule has 2 aromatic rings. The normalized spacial score (nSPS) is 10.6. The summed E-state index contributed by atoms with van der Waals surface area (Å²) >= 11 is 1.23. The number of nitrogens with one attached hydrogen (secondary N) is 2. The topological polar surface area (TPSA) is 71.3 Å². The number of hydrogen-bond donors (Lipinski definition) is 2. The van der Waals surface area contributed by atoms with E-state index >= 15 is 0 Å². The third-order valence-corrected chi connectivity index (χ3v) is 3.48. The van der Waals surface area contributed by atoms with Crippen LogP contribution in [0.5, 0.6) is 0 Å². The fraction of sp³-hybridized carbons (Fsp3) is 0.286. The van der Waals surface area contributed by atoms with Crippen LogP contribution in [0.4, 0.5) is 5.00 Å². The lowest BCUT2D eigenvalue weighted by Gasteiger charge is -2.05. The summed E-state index contributed by atoms with van der Waals surface area (Å²) < 4.78 is 5.00. The number of carbonyl (C=O) groups excluding carboxylic acids is 2. The summed E-state index contributed by atoms with van der Waals surface area (Å²) in [6.07, 6.45) is 1.44. The van der Waals surface area contributed by atoms with E-state index in [0.29, 0.717) is 22.3 Å². The Balaban J connectivity index is 1.95. The van der Waals surface area contributed by atoms with Gasteiger partial charge in [0.15, 0.2) is 5.76 Å². The molecule has 0 aliphatic carbocycles. The van der Waals surface area contributed by atoms with Crippen molar-refractivity contribution in [2.75, 3.05) is 11.9 Å². The van der Waals surface area contributed by atoms with Gasteiger partial charge >= 0.3 is 0 Å². The molecule has 0 aliphatic heterocycles. The van der Waals surface area contributed by atoms with Crippen molar-refractivity contribution in [2.24, 2.45) is 5.92 Å². The zero-order valence-corrected chi connectivity index (χ0v) is 12.1. The highest BCUT2D eigenvalue weighted by molar-refractivity contribution is 7.18. The average molecular weight is 292 g/mol. The molecule has 0 atom stereocenters. The van der Waals surface area contributed by atoms with Crippen LogP contribution in [0.2, 0.25) is 0 Å².